The summed E-state index contributed by atoms with van der Waals surface area (Å²) in [5.74, 6) is 0.974. The van der Waals surface area contributed by atoms with Gasteiger partial charge in [0.15, 0.2) is 0 Å². The molecular formula is C15H22BrNO. The highest BCUT2D eigenvalue weighted by Crippen LogP contribution is 2.41. The number of hydrogen-bond donors (Lipinski definition) is 2. The van der Waals surface area contributed by atoms with E-state index in [0.717, 1.165) is 41.5 Å². The van der Waals surface area contributed by atoms with Gasteiger partial charge >= 0.3 is 0 Å². The van der Waals surface area contributed by atoms with Crippen LogP contribution in [0.3, 0.4) is 0 Å². The van der Waals surface area contributed by atoms with Gasteiger partial charge in [-0.15, -0.1) is 0 Å². The lowest BCUT2D eigenvalue weighted by Gasteiger charge is -2.28. The van der Waals surface area contributed by atoms with Gasteiger partial charge in [0, 0.05) is 10.0 Å². The first-order valence-electron chi connectivity index (χ1n) is 6.63. The van der Waals surface area contributed by atoms with Gasteiger partial charge in [-0.1, -0.05) is 36.7 Å². The van der Waals surface area contributed by atoms with E-state index in [4.69, 9.17) is 0 Å². The van der Waals surface area contributed by atoms with Gasteiger partial charge in [-0.2, -0.15) is 0 Å². The molecule has 0 aromatic heterocycles. The quantitative estimate of drug-likeness (QED) is 0.824. The zero-order chi connectivity index (χ0) is 13.3. The van der Waals surface area contributed by atoms with E-state index >= 15 is 0 Å². The molecule has 0 radical (unpaired) electrons. The molecule has 0 amide bonds. The fourth-order valence-corrected chi connectivity index (χ4v) is 3.11. The van der Waals surface area contributed by atoms with E-state index in [2.05, 4.69) is 48.1 Å². The molecule has 1 heterocycles. The number of nitrogens with one attached hydrogen (secondary N) is 1. The van der Waals surface area contributed by atoms with Crippen molar-refractivity contribution in [3.05, 3.63) is 27.7 Å². The Hall–Kier alpha value is -0.540. The van der Waals surface area contributed by atoms with Crippen molar-refractivity contribution < 1.29 is 5.11 Å². The molecule has 3 heteroatoms. The highest BCUT2D eigenvalue weighted by molar-refractivity contribution is 9.10. The van der Waals surface area contributed by atoms with E-state index < -0.39 is 0 Å². The van der Waals surface area contributed by atoms with Crippen molar-refractivity contribution in [3.8, 4) is 5.75 Å². The Morgan fingerprint density at radius 3 is 2.39 bits per heavy atom. The van der Waals surface area contributed by atoms with Gasteiger partial charge in [0.1, 0.15) is 5.75 Å². The van der Waals surface area contributed by atoms with E-state index in [1.807, 2.05) is 6.07 Å². The Bertz CT molecular complexity index is 431. The third-order valence-corrected chi connectivity index (χ3v) is 4.15. The number of hydrogen-bond acceptors (Lipinski definition) is 2. The second-order valence-electron chi connectivity index (χ2n) is 6.17. The molecule has 1 aliphatic rings. The number of halogens is 1. The average molecular weight is 312 g/mol. The van der Waals surface area contributed by atoms with Crippen LogP contribution in [-0.4, -0.2) is 18.2 Å². The molecule has 0 unspecified atom stereocenters. The van der Waals surface area contributed by atoms with Gasteiger partial charge in [-0.05, 0) is 55.0 Å². The fourth-order valence-electron chi connectivity index (χ4n) is 2.64. The summed E-state index contributed by atoms with van der Waals surface area (Å²) in [6.07, 6.45) is 2.21. The van der Waals surface area contributed by atoms with Gasteiger partial charge in [0.2, 0.25) is 0 Å². The normalized spacial score (nSPS) is 18.0. The molecule has 1 fully saturated rings. The molecule has 2 rings (SSSR count). The fraction of sp³-hybridized carbons (Fsp3) is 0.600. The zero-order valence-corrected chi connectivity index (χ0v) is 13.0. The van der Waals surface area contributed by atoms with Crippen molar-refractivity contribution in [3.63, 3.8) is 0 Å². The molecule has 0 bridgehead atoms. The molecule has 1 aromatic rings. The minimum Gasteiger partial charge on any atom is -0.507 e. The molecule has 100 valence electrons. The summed E-state index contributed by atoms with van der Waals surface area (Å²) in [4.78, 5) is 0. The monoisotopic (exact) mass is 311 g/mol. The molecule has 0 saturated carbocycles. The summed E-state index contributed by atoms with van der Waals surface area (Å²) < 4.78 is 1.07. The number of benzene rings is 1. The SMILES string of the molecule is CC(C)(C)c1cc(Br)cc(C2CCNCC2)c1O. The van der Waals surface area contributed by atoms with Gasteiger partial charge < -0.3 is 10.4 Å². The number of rotatable bonds is 1. The largest absolute Gasteiger partial charge is 0.507 e. The first-order valence-corrected chi connectivity index (χ1v) is 7.42. The summed E-state index contributed by atoms with van der Waals surface area (Å²) in [5, 5.41) is 13.9. The van der Waals surface area contributed by atoms with E-state index in [0.29, 0.717) is 11.7 Å². The molecule has 2 nitrogen and oxygen atoms in total. The Kier molecular flexibility index (Phi) is 4.02. The predicted octanol–water partition coefficient (Wildman–Crippen LogP) is 3.92. The van der Waals surface area contributed by atoms with Gasteiger partial charge in [0.05, 0.1) is 0 Å². The standard InChI is InChI=1S/C15H22BrNO/c1-15(2,3)13-9-11(16)8-12(14(13)18)10-4-6-17-7-5-10/h8-10,17-18H,4-7H2,1-3H3. The van der Waals surface area contributed by atoms with E-state index in [1.165, 1.54) is 0 Å². The maximum Gasteiger partial charge on any atom is 0.122 e. The molecule has 2 N–H and O–H groups in total. The number of phenolic OH excluding ortho intramolecular Hbond substituents is 1. The van der Waals surface area contributed by atoms with Crippen LogP contribution in [0, 0.1) is 0 Å². The minimum atomic E-state index is -0.0322. The van der Waals surface area contributed by atoms with Crippen LogP contribution < -0.4 is 5.32 Å². The molecule has 1 saturated heterocycles. The van der Waals surface area contributed by atoms with Crippen molar-refractivity contribution >= 4 is 15.9 Å². The van der Waals surface area contributed by atoms with Crippen LogP contribution in [0.15, 0.2) is 16.6 Å². The Morgan fingerprint density at radius 2 is 1.83 bits per heavy atom. The van der Waals surface area contributed by atoms with E-state index in [1.54, 1.807) is 0 Å². The van der Waals surface area contributed by atoms with E-state index in [9.17, 15) is 5.11 Å². The van der Waals surface area contributed by atoms with Crippen LogP contribution in [0.25, 0.3) is 0 Å². The zero-order valence-electron chi connectivity index (χ0n) is 11.4. The summed E-state index contributed by atoms with van der Waals surface area (Å²) in [5.41, 5.74) is 2.11. The van der Waals surface area contributed by atoms with Crippen molar-refractivity contribution in [1.29, 1.82) is 0 Å². The van der Waals surface area contributed by atoms with Crippen molar-refractivity contribution in [2.45, 2.75) is 44.9 Å². The smallest absolute Gasteiger partial charge is 0.122 e. The first kappa shape index (κ1) is 13.9. The summed E-state index contributed by atoms with van der Waals surface area (Å²) in [6.45, 7) is 8.51. The maximum absolute atomic E-state index is 10.6. The predicted molar refractivity (Wildman–Crippen MR) is 79.4 cm³/mol. The van der Waals surface area contributed by atoms with Crippen molar-refractivity contribution in [2.75, 3.05) is 13.1 Å². The summed E-state index contributed by atoms with van der Waals surface area (Å²) in [7, 11) is 0. The maximum atomic E-state index is 10.6. The highest BCUT2D eigenvalue weighted by atomic mass is 79.9. The molecule has 0 aliphatic carbocycles. The van der Waals surface area contributed by atoms with Gasteiger partial charge in [-0.25, -0.2) is 0 Å². The van der Waals surface area contributed by atoms with Gasteiger partial charge in [-0.3, -0.25) is 0 Å². The average Bonchev–Trinajstić information content (AvgIpc) is 2.31. The van der Waals surface area contributed by atoms with Crippen molar-refractivity contribution in [2.24, 2.45) is 0 Å². The highest BCUT2D eigenvalue weighted by Gasteiger charge is 2.25. The van der Waals surface area contributed by atoms with Crippen LogP contribution >= 0.6 is 15.9 Å². The number of aromatic hydroxyl groups is 1. The summed E-state index contributed by atoms with van der Waals surface area (Å²) >= 11 is 3.58. The molecule has 0 spiro atoms. The number of piperidine rings is 1. The van der Waals surface area contributed by atoms with Crippen LogP contribution in [0.2, 0.25) is 0 Å². The molecule has 0 atom stereocenters. The number of phenols is 1. The first-order chi connectivity index (χ1) is 8.39. The molecule has 1 aliphatic heterocycles. The lowest BCUT2D eigenvalue weighted by atomic mass is 9.81. The lowest BCUT2D eigenvalue weighted by molar-refractivity contribution is 0.410. The molecule has 1 aromatic carbocycles. The van der Waals surface area contributed by atoms with Crippen molar-refractivity contribution in [1.82, 2.24) is 5.32 Å². The Labute approximate surface area is 118 Å². The molecule has 18 heavy (non-hydrogen) atoms. The minimum absolute atomic E-state index is 0.0322. The van der Waals surface area contributed by atoms with Crippen LogP contribution in [0.1, 0.15) is 50.7 Å². The second kappa shape index (κ2) is 5.22. The third-order valence-electron chi connectivity index (χ3n) is 3.69. The van der Waals surface area contributed by atoms with E-state index in [-0.39, 0.29) is 5.41 Å². The second-order valence-corrected chi connectivity index (χ2v) is 7.08. The van der Waals surface area contributed by atoms with Gasteiger partial charge in [0.25, 0.3) is 0 Å². The van der Waals surface area contributed by atoms with Crippen LogP contribution in [-0.2, 0) is 5.41 Å². The Morgan fingerprint density at radius 1 is 1.22 bits per heavy atom. The third kappa shape index (κ3) is 2.89. The summed E-state index contributed by atoms with van der Waals surface area (Å²) in [6, 6.07) is 4.13. The topological polar surface area (TPSA) is 32.3 Å². The Balaban J connectivity index is 2.44. The van der Waals surface area contributed by atoms with Crippen LogP contribution in [0.5, 0.6) is 5.75 Å². The van der Waals surface area contributed by atoms with Crippen LogP contribution in [0.4, 0.5) is 0 Å². The lowest BCUT2D eigenvalue weighted by Crippen LogP contribution is -2.27. The molecular weight excluding hydrogens is 290 g/mol.